The molecule has 0 aromatic heterocycles. The summed E-state index contributed by atoms with van der Waals surface area (Å²) < 4.78 is 0. The van der Waals surface area contributed by atoms with Crippen molar-refractivity contribution in [2.24, 2.45) is 11.5 Å². The highest BCUT2D eigenvalue weighted by Crippen LogP contribution is 2.12. The molecule has 2 atom stereocenters. The third-order valence-corrected chi connectivity index (χ3v) is 3.38. The molecule has 5 amide bonds. The highest BCUT2D eigenvalue weighted by atomic mass is 32.2. The van der Waals surface area contributed by atoms with E-state index in [2.05, 4.69) is 5.32 Å². The van der Waals surface area contributed by atoms with Crippen molar-refractivity contribution in [1.29, 1.82) is 0 Å². The van der Waals surface area contributed by atoms with Gasteiger partial charge in [-0.2, -0.15) is 11.8 Å². The number of Topliss-reactive ketones (excluding diaryl/α,β-unsaturated/α-hetero) is 1. The van der Waals surface area contributed by atoms with Crippen LogP contribution in [-0.2, 0) is 14.4 Å². The summed E-state index contributed by atoms with van der Waals surface area (Å²) in [4.78, 5) is 52.8. The number of aliphatic carboxylic acids is 1. The molecule has 1 heterocycles. The molecule has 0 bridgehead atoms. The Labute approximate surface area is 135 Å². The van der Waals surface area contributed by atoms with E-state index in [1.807, 2.05) is 16.9 Å². The summed E-state index contributed by atoms with van der Waals surface area (Å²) in [7, 11) is 0. The number of imide groups is 1. The van der Waals surface area contributed by atoms with E-state index in [1.54, 1.807) is 0 Å². The lowest BCUT2D eigenvalue weighted by Crippen LogP contribution is -2.54. The van der Waals surface area contributed by atoms with Crippen molar-refractivity contribution in [2.75, 3.05) is 12.0 Å². The number of primary amides is 1. The molecule has 0 radical (unpaired) electrons. The Hall–Kier alpha value is -2.34. The number of urea groups is 2. The summed E-state index contributed by atoms with van der Waals surface area (Å²) in [6, 6.07) is -1.51. The zero-order chi connectivity index (χ0) is 18.2. The van der Waals surface area contributed by atoms with Crippen molar-refractivity contribution in [2.45, 2.75) is 25.0 Å². The smallest absolute Gasteiger partial charge is 0.331 e. The van der Waals surface area contributed by atoms with Gasteiger partial charge < -0.3 is 27.2 Å². The SMILES string of the molecule is CSCCC(N)(C(C)=O)C(=O)O.NC(=O)NC1NC(=O)NC1=O. The van der Waals surface area contributed by atoms with E-state index in [9.17, 15) is 24.0 Å². The molecule has 11 nitrogen and oxygen atoms in total. The number of carboxylic acid groups (broad SMARTS) is 1. The van der Waals surface area contributed by atoms with Crippen LogP contribution in [-0.4, -0.2) is 58.5 Å². The Bertz CT molecular complexity index is 497. The predicted octanol–water partition coefficient (Wildman–Crippen LogP) is -2.07. The molecule has 1 saturated heterocycles. The number of ketones is 1. The monoisotopic (exact) mass is 349 g/mol. The molecule has 8 N–H and O–H groups in total. The highest BCUT2D eigenvalue weighted by molar-refractivity contribution is 7.98. The predicted molar refractivity (Wildman–Crippen MR) is 81.4 cm³/mol. The maximum absolute atomic E-state index is 10.9. The first-order chi connectivity index (χ1) is 10.5. The molecule has 2 unspecified atom stereocenters. The molecule has 130 valence electrons. The molecule has 12 heteroatoms. The van der Waals surface area contributed by atoms with Gasteiger partial charge in [0.05, 0.1) is 0 Å². The Kier molecular flexibility index (Phi) is 8.04. The van der Waals surface area contributed by atoms with Gasteiger partial charge in [-0.25, -0.2) is 14.4 Å². The standard InChI is InChI=1S/C7H13NO3S.C4H6N4O3/c1-5(9)7(8,6(10)11)3-4-12-2;5-3(10)6-1-2(9)8-4(11)7-1/h3-4,8H2,1-2H3,(H,10,11);1H,(H3,5,6,10)(H2,7,8,9,11). The van der Waals surface area contributed by atoms with Gasteiger partial charge in [0.25, 0.3) is 5.91 Å². The molecular weight excluding hydrogens is 330 g/mol. The fraction of sp³-hybridized carbons (Fsp3) is 0.545. The second kappa shape index (κ2) is 8.95. The zero-order valence-electron chi connectivity index (χ0n) is 12.5. The van der Waals surface area contributed by atoms with Gasteiger partial charge in [0.1, 0.15) is 0 Å². The summed E-state index contributed by atoms with van der Waals surface area (Å²) in [5.74, 6) is -1.79. The Morgan fingerprint density at radius 3 is 2.26 bits per heavy atom. The van der Waals surface area contributed by atoms with Crippen molar-refractivity contribution in [3.63, 3.8) is 0 Å². The molecule has 1 fully saturated rings. The van der Waals surface area contributed by atoms with Crippen LogP contribution in [0.5, 0.6) is 0 Å². The maximum atomic E-state index is 10.9. The molecule has 1 aliphatic heterocycles. The lowest BCUT2D eigenvalue weighted by atomic mass is 9.93. The van der Waals surface area contributed by atoms with Crippen LogP contribution in [0.2, 0.25) is 0 Å². The normalized spacial score (nSPS) is 18.7. The van der Waals surface area contributed by atoms with Crippen LogP contribution in [0.1, 0.15) is 13.3 Å². The molecule has 0 saturated carbocycles. The number of rotatable bonds is 6. The Morgan fingerprint density at radius 1 is 1.39 bits per heavy atom. The maximum Gasteiger partial charge on any atom is 0.331 e. The van der Waals surface area contributed by atoms with E-state index in [-0.39, 0.29) is 6.42 Å². The lowest BCUT2D eigenvalue weighted by molar-refractivity contribution is -0.147. The first kappa shape index (κ1) is 20.7. The summed E-state index contributed by atoms with van der Waals surface area (Å²) >= 11 is 1.47. The van der Waals surface area contributed by atoms with E-state index in [4.69, 9.17) is 16.6 Å². The van der Waals surface area contributed by atoms with Gasteiger partial charge in [0.15, 0.2) is 17.5 Å². The molecule has 0 aromatic carbocycles. The van der Waals surface area contributed by atoms with E-state index in [0.717, 1.165) is 0 Å². The molecule has 0 aliphatic carbocycles. The van der Waals surface area contributed by atoms with Crippen molar-refractivity contribution in [3.8, 4) is 0 Å². The molecular formula is C11H19N5O6S. The van der Waals surface area contributed by atoms with Gasteiger partial charge in [-0.1, -0.05) is 0 Å². The molecule has 23 heavy (non-hydrogen) atoms. The number of hydrogen-bond donors (Lipinski definition) is 6. The third-order valence-electron chi connectivity index (χ3n) is 2.77. The number of thioether (sulfide) groups is 1. The summed E-state index contributed by atoms with van der Waals surface area (Å²) in [5, 5.41) is 14.7. The van der Waals surface area contributed by atoms with Crippen molar-refractivity contribution in [3.05, 3.63) is 0 Å². The van der Waals surface area contributed by atoms with Gasteiger partial charge >= 0.3 is 18.0 Å². The van der Waals surface area contributed by atoms with Crippen LogP contribution >= 0.6 is 11.8 Å². The van der Waals surface area contributed by atoms with Crippen LogP contribution in [0.15, 0.2) is 0 Å². The van der Waals surface area contributed by atoms with E-state index >= 15 is 0 Å². The number of carbonyl (C=O) groups excluding carboxylic acids is 4. The quantitative estimate of drug-likeness (QED) is 0.232. The fourth-order valence-electron chi connectivity index (χ4n) is 1.36. The van der Waals surface area contributed by atoms with Crippen molar-refractivity contribution < 1.29 is 29.1 Å². The summed E-state index contributed by atoms with van der Waals surface area (Å²) in [6.07, 6.45) is 0.973. The van der Waals surface area contributed by atoms with Gasteiger partial charge in [-0.05, 0) is 25.4 Å². The topological polar surface area (TPSA) is 194 Å². The molecule has 0 aromatic rings. The Balaban J connectivity index is 0.000000422. The summed E-state index contributed by atoms with van der Waals surface area (Å²) in [5.41, 5.74) is 8.41. The fourth-order valence-corrected chi connectivity index (χ4v) is 1.88. The highest BCUT2D eigenvalue weighted by Gasteiger charge is 2.38. The number of carbonyl (C=O) groups is 5. The van der Waals surface area contributed by atoms with Gasteiger partial charge in [-0.15, -0.1) is 0 Å². The average Bonchev–Trinajstić information content (AvgIpc) is 2.73. The summed E-state index contributed by atoms with van der Waals surface area (Å²) in [6.45, 7) is 1.20. The minimum absolute atomic E-state index is 0.179. The first-order valence-electron chi connectivity index (χ1n) is 6.24. The van der Waals surface area contributed by atoms with Gasteiger partial charge in [0, 0.05) is 0 Å². The van der Waals surface area contributed by atoms with Crippen LogP contribution in [0.4, 0.5) is 9.59 Å². The molecule has 0 spiro atoms. The number of nitrogens with two attached hydrogens (primary N) is 2. The van der Waals surface area contributed by atoms with Crippen LogP contribution in [0.3, 0.4) is 0 Å². The van der Waals surface area contributed by atoms with Crippen LogP contribution in [0.25, 0.3) is 0 Å². The molecule has 1 aliphatic rings. The lowest BCUT2D eigenvalue weighted by Gasteiger charge is -2.20. The van der Waals surface area contributed by atoms with Crippen molar-refractivity contribution >= 4 is 41.5 Å². The molecule has 1 rings (SSSR count). The zero-order valence-corrected chi connectivity index (χ0v) is 13.4. The van der Waals surface area contributed by atoms with E-state index in [0.29, 0.717) is 5.75 Å². The van der Waals surface area contributed by atoms with E-state index in [1.165, 1.54) is 18.7 Å². The van der Waals surface area contributed by atoms with Crippen LogP contribution < -0.4 is 27.4 Å². The number of amides is 5. The number of hydrogen-bond acceptors (Lipinski definition) is 7. The van der Waals surface area contributed by atoms with Gasteiger partial charge in [-0.3, -0.25) is 14.9 Å². The van der Waals surface area contributed by atoms with Gasteiger partial charge in [0.2, 0.25) is 0 Å². The minimum Gasteiger partial charge on any atom is -0.480 e. The first-order valence-corrected chi connectivity index (χ1v) is 7.63. The second-order valence-corrected chi connectivity index (χ2v) is 5.47. The average molecular weight is 349 g/mol. The third kappa shape index (κ3) is 6.52. The number of carboxylic acids is 1. The van der Waals surface area contributed by atoms with E-state index < -0.39 is 41.4 Å². The van der Waals surface area contributed by atoms with Crippen LogP contribution in [0, 0.1) is 0 Å². The van der Waals surface area contributed by atoms with Crippen molar-refractivity contribution in [1.82, 2.24) is 16.0 Å². The second-order valence-electron chi connectivity index (χ2n) is 4.48. The number of nitrogens with one attached hydrogen (secondary N) is 3. The largest absolute Gasteiger partial charge is 0.480 e. The Morgan fingerprint density at radius 2 is 1.96 bits per heavy atom. The minimum atomic E-state index is -1.69.